The number of hydrogen-bond acceptors (Lipinski definition) is 7. The Morgan fingerprint density at radius 3 is 2.15 bits per heavy atom. The van der Waals surface area contributed by atoms with Crippen LogP contribution in [0, 0.1) is 0 Å². The lowest BCUT2D eigenvalue weighted by atomic mass is 10.3. The number of carbonyl (C=O) groups is 1. The Labute approximate surface area is 120 Å². The van der Waals surface area contributed by atoms with Crippen LogP contribution < -0.4 is 5.73 Å². The van der Waals surface area contributed by atoms with Gasteiger partial charge in [-0.05, 0) is 7.05 Å². The molecule has 2 N–H and O–H groups in total. The quantitative estimate of drug-likeness (QED) is 0.619. The number of sulfone groups is 1. The fourth-order valence-electron chi connectivity index (χ4n) is 1.59. The Morgan fingerprint density at radius 1 is 1.30 bits per heavy atom. The summed E-state index contributed by atoms with van der Waals surface area (Å²) in [7, 11) is -2.18. The molecule has 1 unspecified atom stereocenters. The molecule has 1 saturated heterocycles. The highest BCUT2D eigenvalue weighted by atomic mass is 32.2. The third-order valence-corrected chi connectivity index (χ3v) is 4.36. The maximum atomic E-state index is 13.6. The molecule has 11 heteroatoms. The van der Waals surface area contributed by atoms with Crippen LogP contribution in [-0.4, -0.2) is 83.6 Å². The predicted molar refractivity (Wildman–Crippen MR) is 70.7 cm³/mol. The van der Waals surface area contributed by atoms with E-state index in [4.69, 9.17) is 14.2 Å². The molecule has 0 spiro atoms. The molecule has 0 aromatic heterocycles. The van der Waals surface area contributed by atoms with E-state index in [9.17, 15) is 17.6 Å². The number of nitrogens with zero attached hydrogens (tertiary/aromatic N) is 2. The first-order valence-corrected chi connectivity index (χ1v) is 8.13. The first-order valence-electron chi connectivity index (χ1n) is 5.75. The molecule has 1 aliphatic rings. The molecule has 1 atom stereocenters. The smallest absolute Gasteiger partial charge is 0.335 e. The molecule has 0 radical (unpaired) electrons. The molecule has 0 aromatic carbocycles. The van der Waals surface area contributed by atoms with E-state index in [1.807, 2.05) is 11.9 Å². The van der Waals surface area contributed by atoms with Gasteiger partial charge in [-0.15, -0.1) is 0 Å². The number of rotatable bonds is 4. The van der Waals surface area contributed by atoms with Gasteiger partial charge in [0.05, 0.1) is 5.75 Å². The van der Waals surface area contributed by atoms with Crippen molar-refractivity contribution in [3.8, 4) is 0 Å². The van der Waals surface area contributed by atoms with E-state index >= 15 is 0 Å². The van der Waals surface area contributed by atoms with Crippen molar-refractivity contribution in [3.63, 3.8) is 0 Å². The summed E-state index contributed by atoms with van der Waals surface area (Å²) in [5, 5.41) is 0. The lowest BCUT2D eigenvalue weighted by Gasteiger charge is -2.32. The summed E-state index contributed by atoms with van der Waals surface area (Å²) in [6, 6.07) is 0. The fraction of sp³-hybridized carbons (Fsp3) is 0.889. The molecule has 118 valence electrons. The van der Waals surface area contributed by atoms with E-state index in [0.717, 1.165) is 0 Å². The zero-order chi connectivity index (χ0) is 15.8. The van der Waals surface area contributed by atoms with E-state index in [-0.39, 0.29) is 6.54 Å². The second kappa shape index (κ2) is 9.10. The minimum absolute atomic E-state index is 0.182. The van der Waals surface area contributed by atoms with E-state index in [0.29, 0.717) is 26.2 Å². The van der Waals surface area contributed by atoms with Crippen LogP contribution in [0.1, 0.15) is 0 Å². The van der Waals surface area contributed by atoms with Crippen LogP contribution in [-0.2, 0) is 26.2 Å². The van der Waals surface area contributed by atoms with Gasteiger partial charge >= 0.3 is 11.6 Å². The molecule has 1 aliphatic heterocycles. The van der Waals surface area contributed by atoms with Crippen LogP contribution in [0.15, 0.2) is 0 Å². The molecule has 1 amide bonds. The number of nitrogens with two attached hydrogens (primary N) is 1. The van der Waals surface area contributed by atoms with Gasteiger partial charge in [0, 0.05) is 32.7 Å². The van der Waals surface area contributed by atoms with Gasteiger partial charge in [-0.2, -0.15) is 8.42 Å². The number of hydrogen-bond donors (Lipinski definition) is 1. The summed E-state index contributed by atoms with van der Waals surface area (Å²) in [6.45, 7) is 1.77. The highest BCUT2D eigenvalue weighted by Gasteiger charge is 2.35. The lowest BCUT2D eigenvalue weighted by molar-refractivity contribution is -0.135. The van der Waals surface area contributed by atoms with Crippen molar-refractivity contribution in [1.29, 1.82) is 0 Å². The van der Waals surface area contributed by atoms with Gasteiger partial charge in [-0.3, -0.25) is 4.79 Å². The maximum absolute atomic E-state index is 13.6. The average molecular weight is 331 g/mol. The summed E-state index contributed by atoms with van der Waals surface area (Å²) in [6.07, 6.45) is 0. The van der Waals surface area contributed by atoms with Crippen LogP contribution >= 0.6 is 0 Å². The van der Waals surface area contributed by atoms with E-state index in [1.165, 1.54) is 4.90 Å². The van der Waals surface area contributed by atoms with Crippen LogP contribution in [0.3, 0.4) is 0 Å². The van der Waals surface area contributed by atoms with Crippen molar-refractivity contribution in [2.75, 3.05) is 45.5 Å². The fourth-order valence-corrected chi connectivity index (χ4v) is 2.58. The monoisotopic (exact) mass is 331 g/mol. The van der Waals surface area contributed by atoms with E-state index in [2.05, 4.69) is 0 Å². The van der Waals surface area contributed by atoms with Gasteiger partial charge in [-0.25, -0.2) is 12.8 Å². The molecule has 0 aromatic rings. The zero-order valence-corrected chi connectivity index (χ0v) is 12.7. The first kappa shape index (κ1) is 19.1. The number of piperazine rings is 1. The summed E-state index contributed by atoms with van der Waals surface area (Å²) in [5.41, 5.74) is 2.59. The first-order chi connectivity index (χ1) is 9.30. The topological polar surface area (TPSA) is 118 Å². The van der Waals surface area contributed by atoms with Crippen molar-refractivity contribution in [1.82, 2.24) is 9.80 Å². The van der Waals surface area contributed by atoms with Crippen molar-refractivity contribution >= 4 is 27.3 Å². The van der Waals surface area contributed by atoms with Gasteiger partial charge in [0.25, 0.3) is 11.4 Å². The molecular formula is C9H18FN3O5S2. The second-order valence-corrected chi connectivity index (χ2v) is 6.45. The van der Waals surface area contributed by atoms with Crippen LogP contribution in [0.4, 0.5) is 4.39 Å². The number of amides is 1. The number of alkyl halides is 1. The molecule has 1 heterocycles. The summed E-state index contributed by atoms with van der Waals surface area (Å²) in [4.78, 5) is 14.9. The number of halogens is 1. The van der Waals surface area contributed by atoms with E-state index in [1.54, 1.807) is 0 Å². The van der Waals surface area contributed by atoms with Gasteiger partial charge in [-0.1, -0.05) is 0 Å². The minimum atomic E-state index is -4.07. The van der Waals surface area contributed by atoms with E-state index < -0.39 is 38.6 Å². The van der Waals surface area contributed by atoms with Crippen molar-refractivity contribution in [2.45, 2.75) is 5.50 Å². The summed E-state index contributed by atoms with van der Waals surface area (Å²) in [5.74, 6) is -1.47. The predicted octanol–water partition coefficient (Wildman–Crippen LogP) is -2.24. The molecular weight excluding hydrogens is 313 g/mol. The number of likely N-dealkylation sites (N-methyl/N-ethyl adjacent to an activating group) is 1. The summed E-state index contributed by atoms with van der Waals surface area (Å²) < 4.78 is 52.9. The molecule has 0 aliphatic carbocycles. The van der Waals surface area contributed by atoms with Crippen molar-refractivity contribution in [2.24, 2.45) is 5.73 Å². The lowest BCUT2D eigenvalue weighted by Crippen LogP contribution is -2.51. The minimum Gasteiger partial charge on any atom is -0.337 e. The highest BCUT2D eigenvalue weighted by molar-refractivity contribution is 7.92. The standard InChI is InChI=1S/C9H18FN3O3S.O2S/c1-12-3-5-13(6-4-12)9(14)8(10)17(15,16)7-2-11;1-3-2/h8H,2-7,11H2,1H3;. The second-order valence-electron chi connectivity index (χ2n) is 4.17. The Kier molecular flexibility index (Phi) is 8.69. The normalized spacial score (nSPS) is 17.9. The van der Waals surface area contributed by atoms with Gasteiger partial charge in [0.2, 0.25) is 0 Å². The Bertz CT molecular complexity index is 444. The Hall–Kier alpha value is -0.910. The largest absolute Gasteiger partial charge is 0.337 e. The van der Waals surface area contributed by atoms with Crippen LogP contribution in [0.2, 0.25) is 0 Å². The third-order valence-electron chi connectivity index (χ3n) is 2.73. The highest BCUT2D eigenvalue weighted by Crippen LogP contribution is 2.10. The summed E-state index contributed by atoms with van der Waals surface area (Å²) >= 11 is -0.750. The van der Waals surface area contributed by atoms with Crippen molar-refractivity contribution in [3.05, 3.63) is 0 Å². The Balaban J connectivity index is 0.00000110. The zero-order valence-electron chi connectivity index (χ0n) is 11.0. The number of carbonyl (C=O) groups excluding carboxylic acids is 1. The Morgan fingerprint density at radius 2 is 1.75 bits per heavy atom. The van der Waals surface area contributed by atoms with Crippen molar-refractivity contribution < 1.29 is 26.0 Å². The van der Waals surface area contributed by atoms with Gasteiger partial charge in [0.1, 0.15) is 0 Å². The van der Waals surface area contributed by atoms with Gasteiger partial charge < -0.3 is 15.5 Å². The average Bonchev–Trinajstić information content (AvgIpc) is 2.39. The third kappa shape index (κ3) is 6.03. The van der Waals surface area contributed by atoms with Crippen LogP contribution in [0.25, 0.3) is 0 Å². The molecule has 1 fully saturated rings. The molecule has 0 bridgehead atoms. The van der Waals surface area contributed by atoms with Gasteiger partial charge in [0.15, 0.2) is 9.84 Å². The maximum Gasteiger partial charge on any atom is 0.335 e. The van der Waals surface area contributed by atoms with Crippen LogP contribution in [0.5, 0.6) is 0 Å². The molecule has 1 rings (SSSR count). The SMILES string of the molecule is CN1CCN(C(=O)C(F)S(=O)(=O)CCN)CC1.O=S=O. The molecule has 8 nitrogen and oxygen atoms in total. The molecule has 20 heavy (non-hydrogen) atoms. The molecule has 0 saturated carbocycles.